The fraction of sp³-hybridized carbons (Fsp3) is 0. The summed E-state index contributed by atoms with van der Waals surface area (Å²) in [6.45, 7) is 0. The van der Waals surface area contributed by atoms with Gasteiger partial charge in [-0.15, -0.1) is 11.3 Å². The lowest BCUT2D eigenvalue weighted by molar-refractivity contribution is 1.17. The number of nitrogens with zero attached hydrogens (tertiary/aromatic N) is 2. The van der Waals surface area contributed by atoms with Crippen LogP contribution >= 0.6 is 34.5 Å². The van der Waals surface area contributed by atoms with Crippen LogP contribution in [0.3, 0.4) is 0 Å². The van der Waals surface area contributed by atoms with Gasteiger partial charge in [0.2, 0.25) is 0 Å². The molecule has 0 saturated heterocycles. The van der Waals surface area contributed by atoms with Gasteiger partial charge in [-0.1, -0.05) is 23.2 Å². The molecule has 0 N–H and O–H groups in total. The molecule has 0 atom stereocenters. The van der Waals surface area contributed by atoms with Crippen LogP contribution in [0.4, 0.5) is 0 Å². The quantitative estimate of drug-likeness (QED) is 0.641. The highest BCUT2D eigenvalue weighted by molar-refractivity contribution is 7.19. The normalized spacial score (nSPS) is 11.1. The van der Waals surface area contributed by atoms with Crippen molar-refractivity contribution in [1.29, 1.82) is 0 Å². The summed E-state index contributed by atoms with van der Waals surface area (Å²) in [6, 6.07) is 7.57. The zero-order valence-electron chi connectivity index (χ0n) is 8.02. The minimum Gasteiger partial charge on any atom is -0.299 e. The summed E-state index contributed by atoms with van der Waals surface area (Å²) in [5, 5.41) is 0.711. The maximum Gasteiger partial charge on any atom is 0.154 e. The molecule has 3 heterocycles. The van der Waals surface area contributed by atoms with Gasteiger partial charge in [0.05, 0.1) is 20.9 Å². The summed E-state index contributed by atoms with van der Waals surface area (Å²) in [5.74, 6) is 0.892. The number of thiophene rings is 1. The molecule has 5 heteroatoms. The molecule has 0 aliphatic rings. The van der Waals surface area contributed by atoms with E-state index in [2.05, 4.69) is 4.98 Å². The van der Waals surface area contributed by atoms with Gasteiger partial charge >= 0.3 is 0 Å². The monoisotopic (exact) mass is 268 g/mol. The first kappa shape index (κ1) is 10.1. The molecule has 0 aliphatic heterocycles. The molecule has 3 rings (SSSR count). The summed E-state index contributed by atoms with van der Waals surface area (Å²) >= 11 is 13.3. The summed E-state index contributed by atoms with van der Waals surface area (Å²) in [4.78, 5) is 5.42. The average molecular weight is 269 g/mol. The average Bonchev–Trinajstić information content (AvgIpc) is 2.83. The Labute approximate surface area is 106 Å². The molecule has 0 unspecified atom stereocenters. The Hall–Kier alpha value is -1.03. The Bertz CT molecular complexity index is 657. The predicted octanol–water partition coefficient (Wildman–Crippen LogP) is 4.37. The zero-order chi connectivity index (χ0) is 11.1. The molecule has 0 fully saturated rings. The highest BCUT2D eigenvalue weighted by atomic mass is 35.5. The Morgan fingerprint density at radius 2 is 2.06 bits per heavy atom. The van der Waals surface area contributed by atoms with E-state index in [4.69, 9.17) is 23.2 Å². The second kappa shape index (κ2) is 3.77. The molecule has 0 saturated carbocycles. The van der Waals surface area contributed by atoms with Gasteiger partial charge in [-0.05, 0) is 24.3 Å². The van der Waals surface area contributed by atoms with Crippen LogP contribution in [0.15, 0.2) is 36.7 Å². The van der Waals surface area contributed by atoms with Crippen molar-refractivity contribution in [1.82, 2.24) is 9.38 Å². The van der Waals surface area contributed by atoms with E-state index in [1.54, 1.807) is 6.20 Å². The van der Waals surface area contributed by atoms with Gasteiger partial charge in [-0.2, -0.15) is 0 Å². The first-order valence-corrected chi connectivity index (χ1v) is 6.19. The highest BCUT2D eigenvalue weighted by Crippen LogP contribution is 2.30. The topological polar surface area (TPSA) is 17.3 Å². The van der Waals surface area contributed by atoms with Crippen LogP contribution in [0, 0.1) is 0 Å². The maximum atomic E-state index is 5.92. The van der Waals surface area contributed by atoms with Gasteiger partial charge in [-0.3, -0.25) is 4.40 Å². The number of hydrogen-bond acceptors (Lipinski definition) is 2. The number of halogens is 2. The van der Waals surface area contributed by atoms with E-state index in [1.165, 1.54) is 11.3 Å². The van der Waals surface area contributed by atoms with E-state index in [0.717, 1.165) is 20.6 Å². The van der Waals surface area contributed by atoms with E-state index >= 15 is 0 Å². The molecule has 0 bridgehead atoms. The van der Waals surface area contributed by atoms with Crippen molar-refractivity contribution in [3.8, 4) is 10.7 Å². The van der Waals surface area contributed by atoms with Crippen LogP contribution in [-0.4, -0.2) is 9.38 Å². The van der Waals surface area contributed by atoms with Gasteiger partial charge in [0.15, 0.2) is 5.82 Å². The molecule has 0 amide bonds. The van der Waals surface area contributed by atoms with E-state index in [9.17, 15) is 0 Å². The number of aromatic nitrogens is 2. The second-order valence-electron chi connectivity index (χ2n) is 3.33. The predicted molar refractivity (Wildman–Crippen MR) is 68.5 cm³/mol. The first-order chi connectivity index (χ1) is 7.74. The zero-order valence-corrected chi connectivity index (χ0v) is 10.4. The fourth-order valence-electron chi connectivity index (χ4n) is 1.59. The number of hydrogen-bond donors (Lipinski definition) is 0. The van der Waals surface area contributed by atoms with Crippen molar-refractivity contribution in [3.63, 3.8) is 0 Å². The smallest absolute Gasteiger partial charge is 0.154 e. The number of imidazole rings is 1. The minimum absolute atomic E-state index is 0.711. The molecule has 80 valence electrons. The standard InChI is InChI=1S/C11H6Cl2N2S/c12-7-3-4-15-8(5-7)6-14-11(15)9-1-2-10(13)16-9/h1-6H. The molecule has 0 aromatic carbocycles. The van der Waals surface area contributed by atoms with Crippen LogP contribution in [0.25, 0.3) is 16.2 Å². The van der Waals surface area contributed by atoms with Crippen LogP contribution in [0.5, 0.6) is 0 Å². The van der Waals surface area contributed by atoms with Gasteiger partial charge in [0, 0.05) is 11.2 Å². The van der Waals surface area contributed by atoms with Gasteiger partial charge in [0.1, 0.15) is 0 Å². The van der Waals surface area contributed by atoms with E-state index in [0.29, 0.717) is 5.02 Å². The molecule has 3 aromatic heterocycles. The third-order valence-electron chi connectivity index (χ3n) is 2.29. The second-order valence-corrected chi connectivity index (χ2v) is 5.48. The minimum atomic E-state index is 0.711. The summed E-state index contributed by atoms with van der Waals surface area (Å²) in [6.07, 6.45) is 3.71. The SMILES string of the molecule is Clc1ccn2c(-c3ccc(Cl)s3)ncc2c1. The molecular formula is C11H6Cl2N2S. The summed E-state index contributed by atoms with van der Waals surface area (Å²) < 4.78 is 2.76. The van der Waals surface area contributed by atoms with Gasteiger partial charge in [-0.25, -0.2) is 4.98 Å². The molecule has 0 radical (unpaired) electrons. The van der Waals surface area contributed by atoms with Crippen molar-refractivity contribution in [2.24, 2.45) is 0 Å². The van der Waals surface area contributed by atoms with Crippen molar-refractivity contribution in [2.45, 2.75) is 0 Å². The Morgan fingerprint density at radius 1 is 1.19 bits per heavy atom. The van der Waals surface area contributed by atoms with Crippen LogP contribution in [0.1, 0.15) is 0 Å². The van der Waals surface area contributed by atoms with Crippen LogP contribution < -0.4 is 0 Å². The van der Waals surface area contributed by atoms with Gasteiger partial charge in [0.25, 0.3) is 0 Å². The van der Waals surface area contributed by atoms with Crippen LogP contribution in [0.2, 0.25) is 9.36 Å². The molecule has 3 aromatic rings. The summed E-state index contributed by atoms with van der Waals surface area (Å²) in [7, 11) is 0. The molecule has 16 heavy (non-hydrogen) atoms. The van der Waals surface area contributed by atoms with Crippen molar-refractivity contribution in [2.75, 3.05) is 0 Å². The largest absolute Gasteiger partial charge is 0.299 e. The molecule has 0 aliphatic carbocycles. The third kappa shape index (κ3) is 1.61. The molecular weight excluding hydrogens is 263 g/mol. The van der Waals surface area contributed by atoms with E-state index in [1.807, 2.05) is 34.9 Å². The Morgan fingerprint density at radius 3 is 2.81 bits per heavy atom. The fourth-order valence-corrected chi connectivity index (χ4v) is 2.79. The summed E-state index contributed by atoms with van der Waals surface area (Å²) in [5.41, 5.74) is 0.979. The Kier molecular flexibility index (Phi) is 2.39. The van der Waals surface area contributed by atoms with E-state index in [-0.39, 0.29) is 0 Å². The lowest BCUT2D eigenvalue weighted by Gasteiger charge is -1.98. The lowest BCUT2D eigenvalue weighted by Crippen LogP contribution is -1.86. The number of rotatable bonds is 1. The first-order valence-electron chi connectivity index (χ1n) is 4.62. The van der Waals surface area contributed by atoms with Gasteiger partial charge < -0.3 is 0 Å². The lowest BCUT2D eigenvalue weighted by atomic mass is 10.4. The third-order valence-corrected chi connectivity index (χ3v) is 3.75. The maximum absolute atomic E-state index is 5.92. The van der Waals surface area contributed by atoms with E-state index < -0.39 is 0 Å². The van der Waals surface area contributed by atoms with Crippen LogP contribution in [-0.2, 0) is 0 Å². The number of pyridine rings is 1. The Balaban J connectivity index is 2.25. The van der Waals surface area contributed by atoms with Crippen molar-refractivity contribution in [3.05, 3.63) is 46.0 Å². The van der Waals surface area contributed by atoms with Crippen molar-refractivity contribution >= 4 is 40.1 Å². The molecule has 2 nitrogen and oxygen atoms in total. The van der Waals surface area contributed by atoms with Crippen molar-refractivity contribution < 1.29 is 0 Å². The highest BCUT2D eigenvalue weighted by Gasteiger charge is 2.08. The number of fused-ring (bicyclic) bond motifs is 1. The molecule has 0 spiro atoms.